The molecule has 0 saturated heterocycles. The van der Waals surface area contributed by atoms with Gasteiger partial charge in [0.25, 0.3) is 5.52 Å². The van der Waals surface area contributed by atoms with Crippen molar-refractivity contribution >= 4 is 54.2 Å². The van der Waals surface area contributed by atoms with Gasteiger partial charge in [0.1, 0.15) is 0 Å². The molecule has 8 rings (SSSR count). The highest BCUT2D eigenvalue weighted by Crippen LogP contribution is 2.45. The molecule has 0 atom stereocenters. The minimum atomic E-state index is -3.83. The molecule has 0 N–H and O–H groups in total. The predicted molar refractivity (Wildman–Crippen MR) is 202 cm³/mol. The number of ether oxygens (including phenoxy) is 1. The first-order valence-corrected chi connectivity index (χ1v) is 18.9. The third-order valence-corrected chi connectivity index (χ3v) is 11.5. The van der Waals surface area contributed by atoms with Gasteiger partial charge in [-0.25, -0.2) is 8.42 Å². The zero-order valence-corrected chi connectivity index (χ0v) is 29.1. The molecule has 0 saturated carbocycles. The van der Waals surface area contributed by atoms with E-state index in [0.29, 0.717) is 29.5 Å². The number of allylic oxidation sites excluding steroid dienone is 5. The summed E-state index contributed by atoms with van der Waals surface area (Å²) in [6.45, 7) is 5.85. The standard InChI is InChI=1S/C43H39N2O4S/c1-3-28-44-37-24-20-30-12-8-10-16-35(30)41(37)48-39(44)26-22-32-18-19-33(43(32)50(46,47)34-14-6-5-7-15-34)23-27-40-45(29-4-2)38-25-21-31-13-9-11-17-36(31)42(38)49-40/h5-17,20-27H,3-4,18-19,28-29H2,1-2H3/q+1. The van der Waals surface area contributed by atoms with Crippen LogP contribution >= 0.6 is 0 Å². The molecule has 0 unspecified atom stereocenters. The number of anilines is 1. The Bertz CT molecular complexity index is 2510. The Labute approximate surface area is 292 Å². The number of fused-ring (bicyclic) bond motifs is 6. The van der Waals surface area contributed by atoms with Gasteiger partial charge < -0.3 is 14.1 Å². The van der Waals surface area contributed by atoms with Crippen LogP contribution in [0.2, 0.25) is 0 Å². The molecule has 50 heavy (non-hydrogen) atoms. The lowest BCUT2D eigenvalue weighted by molar-refractivity contribution is -0.678. The van der Waals surface area contributed by atoms with Crippen LogP contribution in [0.4, 0.5) is 5.69 Å². The van der Waals surface area contributed by atoms with Crippen LogP contribution in [0.25, 0.3) is 38.7 Å². The minimum Gasteiger partial charge on any atom is -0.438 e. The molecule has 6 nitrogen and oxygen atoms in total. The molecule has 0 radical (unpaired) electrons. The monoisotopic (exact) mass is 679 g/mol. The number of aromatic nitrogens is 1. The van der Waals surface area contributed by atoms with Crippen molar-refractivity contribution < 1.29 is 22.1 Å². The number of hydrogen-bond acceptors (Lipinski definition) is 5. The molecule has 0 amide bonds. The fourth-order valence-corrected chi connectivity index (χ4v) is 9.02. The quantitative estimate of drug-likeness (QED) is 0.142. The van der Waals surface area contributed by atoms with Crippen LogP contribution in [0.1, 0.15) is 45.4 Å². The molecule has 0 spiro atoms. The van der Waals surface area contributed by atoms with Gasteiger partial charge in [-0.1, -0.05) is 92.7 Å². The lowest BCUT2D eigenvalue weighted by atomic mass is 10.1. The summed E-state index contributed by atoms with van der Waals surface area (Å²) in [5, 5.41) is 4.35. The highest BCUT2D eigenvalue weighted by atomic mass is 32.2. The largest absolute Gasteiger partial charge is 0.438 e. The average Bonchev–Trinajstić information content (AvgIpc) is 3.84. The van der Waals surface area contributed by atoms with E-state index in [1.807, 2.05) is 54.6 Å². The van der Waals surface area contributed by atoms with Gasteiger partial charge in [0.05, 0.1) is 21.6 Å². The van der Waals surface area contributed by atoms with Crippen molar-refractivity contribution in [1.82, 2.24) is 0 Å². The number of rotatable bonds is 9. The molecule has 5 aromatic carbocycles. The second kappa shape index (κ2) is 13.1. The minimum absolute atomic E-state index is 0.279. The summed E-state index contributed by atoms with van der Waals surface area (Å²) in [4.78, 5) is 2.81. The molecule has 1 aromatic heterocycles. The smallest absolute Gasteiger partial charge is 0.374 e. The first-order chi connectivity index (χ1) is 24.5. The van der Waals surface area contributed by atoms with Crippen LogP contribution in [-0.4, -0.2) is 15.0 Å². The van der Waals surface area contributed by atoms with E-state index in [2.05, 4.69) is 71.8 Å². The lowest BCUT2D eigenvalue weighted by Crippen LogP contribution is -2.34. The number of oxazole rings is 1. The van der Waals surface area contributed by atoms with Crippen molar-refractivity contribution in [3.05, 3.63) is 149 Å². The third-order valence-electron chi connectivity index (χ3n) is 9.56. The van der Waals surface area contributed by atoms with Crippen molar-refractivity contribution in [2.75, 3.05) is 11.4 Å². The van der Waals surface area contributed by atoms with E-state index >= 15 is 0 Å². The molecule has 1 aliphatic heterocycles. The van der Waals surface area contributed by atoms with E-state index in [0.717, 1.165) is 81.2 Å². The van der Waals surface area contributed by atoms with Gasteiger partial charge in [-0.2, -0.15) is 4.57 Å². The van der Waals surface area contributed by atoms with E-state index in [9.17, 15) is 8.42 Å². The maximum Gasteiger partial charge on any atom is 0.374 e. The molecule has 1 aliphatic carbocycles. The Hall–Kier alpha value is -5.40. The molecule has 6 aromatic rings. The Balaban J connectivity index is 1.23. The van der Waals surface area contributed by atoms with Crippen LogP contribution in [0.5, 0.6) is 5.75 Å². The first-order valence-electron chi connectivity index (χ1n) is 17.4. The summed E-state index contributed by atoms with van der Waals surface area (Å²) in [5.41, 5.74) is 4.41. The van der Waals surface area contributed by atoms with Crippen molar-refractivity contribution in [1.29, 1.82) is 0 Å². The second-order valence-electron chi connectivity index (χ2n) is 12.8. The maximum atomic E-state index is 14.4. The van der Waals surface area contributed by atoms with Gasteiger partial charge in [-0.15, -0.1) is 0 Å². The Morgan fingerprint density at radius 3 is 2.26 bits per heavy atom. The summed E-state index contributed by atoms with van der Waals surface area (Å²) < 4.78 is 44.0. The number of hydrogen-bond donors (Lipinski definition) is 0. The average molecular weight is 680 g/mol. The van der Waals surface area contributed by atoms with Crippen LogP contribution in [0.15, 0.2) is 153 Å². The Morgan fingerprint density at radius 2 is 1.48 bits per heavy atom. The molecule has 2 heterocycles. The zero-order valence-electron chi connectivity index (χ0n) is 28.3. The summed E-state index contributed by atoms with van der Waals surface area (Å²) in [6, 6.07) is 33.6. The van der Waals surface area contributed by atoms with Crippen LogP contribution in [0, 0.1) is 0 Å². The van der Waals surface area contributed by atoms with Crippen LogP contribution in [-0.2, 0) is 16.4 Å². The summed E-state index contributed by atoms with van der Waals surface area (Å²) in [6.07, 6.45) is 10.8. The lowest BCUT2D eigenvalue weighted by Gasteiger charge is -2.17. The van der Waals surface area contributed by atoms with Gasteiger partial charge in [0, 0.05) is 29.8 Å². The fraction of sp³-hybridized carbons (Fsp3) is 0.186. The highest BCUT2D eigenvalue weighted by molar-refractivity contribution is 7.95. The van der Waals surface area contributed by atoms with Gasteiger partial charge in [0.2, 0.25) is 21.3 Å². The molecule has 250 valence electrons. The van der Waals surface area contributed by atoms with E-state index in [1.165, 1.54) is 0 Å². The molecular weight excluding hydrogens is 641 g/mol. The van der Waals surface area contributed by atoms with Crippen molar-refractivity contribution in [2.24, 2.45) is 0 Å². The second-order valence-corrected chi connectivity index (χ2v) is 14.7. The molecule has 2 aliphatic rings. The van der Waals surface area contributed by atoms with E-state index in [4.69, 9.17) is 9.15 Å². The molecule has 7 heteroatoms. The fourth-order valence-electron chi connectivity index (χ4n) is 7.24. The predicted octanol–water partition coefficient (Wildman–Crippen LogP) is 10.0. The number of aryl methyl sites for hydroxylation is 1. The normalized spacial score (nSPS) is 16.6. The highest BCUT2D eigenvalue weighted by Gasteiger charge is 2.32. The SMILES string of the molecule is CCCN1/C(=C/C=C2\CCC(/C=C/c3oc4c5ccccc5ccc4[n+]3CCC)=C2S(=O)(=O)c2ccccc2)Oc2c1ccc1ccccc21. The van der Waals surface area contributed by atoms with Gasteiger partial charge in [-0.3, -0.25) is 0 Å². The Kier molecular flexibility index (Phi) is 8.37. The van der Waals surface area contributed by atoms with Gasteiger partial charge in [0.15, 0.2) is 12.3 Å². The summed E-state index contributed by atoms with van der Waals surface area (Å²) >= 11 is 0. The van der Waals surface area contributed by atoms with Crippen LogP contribution < -0.4 is 14.2 Å². The van der Waals surface area contributed by atoms with Crippen LogP contribution in [0.3, 0.4) is 0 Å². The van der Waals surface area contributed by atoms with Crippen molar-refractivity contribution in [3.8, 4) is 5.75 Å². The number of sulfone groups is 1. The van der Waals surface area contributed by atoms with E-state index in [1.54, 1.807) is 24.3 Å². The maximum absolute atomic E-state index is 14.4. The number of benzene rings is 5. The third kappa shape index (κ3) is 5.52. The topological polar surface area (TPSA) is 63.6 Å². The molecular formula is C43H39N2O4S+. The van der Waals surface area contributed by atoms with Crippen molar-refractivity contribution in [3.63, 3.8) is 0 Å². The Morgan fingerprint density at radius 1 is 0.760 bits per heavy atom. The van der Waals surface area contributed by atoms with E-state index in [-0.39, 0.29) is 4.90 Å². The van der Waals surface area contributed by atoms with Gasteiger partial charge in [-0.05, 0) is 77.6 Å². The summed E-state index contributed by atoms with van der Waals surface area (Å²) in [7, 11) is -3.83. The van der Waals surface area contributed by atoms with E-state index < -0.39 is 9.84 Å². The first kappa shape index (κ1) is 31.8. The van der Waals surface area contributed by atoms with Gasteiger partial charge >= 0.3 is 5.89 Å². The molecule has 0 bridgehead atoms. The zero-order chi connectivity index (χ0) is 34.2. The van der Waals surface area contributed by atoms with Crippen molar-refractivity contribution in [2.45, 2.75) is 51.0 Å². The molecule has 0 fully saturated rings. The summed E-state index contributed by atoms with van der Waals surface area (Å²) in [5.74, 6) is 2.23. The number of nitrogens with zero attached hydrogens (tertiary/aromatic N) is 2.